The van der Waals surface area contributed by atoms with Crippen LogP contribution < -0.4 is 10.1 Å². The second kappa shape index (κ2) is 10.0. The van der Waals surface area contributed by atoms with Gasteiger partial charge in [-0.3, -0.25) is 10.1 Å². The number of nitrogens with zero attached hydrogens (tertiary/aromatic N) is 1. The van der Waals surface area contributed by atoms with Gasteiger partial charge in [0.05, 0.1) is 12.3 Å². The van der Waals surface area contributed by atoms with E-state index in [2.05, 4.69) is 22.4 Å². The number of rotatable bonds is 8. The van der Waals surface area contributed by atoms with Crippen LogP contribution in [0.25, 0.3) is 11.3 Å². The molecule has 5 heteroatoms. The molecule has 0 atom stereocenters. The summed E-state index contributed by atoms with van der Waals surface area (Å²) in [5.41, 5.74) is 4.69. The second-order valence-corrected chi connectivity index (χ2v) is 7.92. The summed E-state index contributed by atoms with van der Waals surface area (Å²) >= 11 is 1.41. The first-order valence-corrected chi connectivity index (χ1v) is 11.2. The van der Waals surface area contributed by atoms with Gasteiger partial charge in [-0.25, -0.2) is 4.98 Å². The molecule has 1 N–H and O–H groups in total. The Morgan fingerprint density at radius 2 is 1.68 bits per heavy atom. The van der Waals surface area contributed by atoms with Gasteiger partial charge in [0.1, 0.15) is 5.75 Å². The topological polar surface area (TPSA) is 51.2 Å². The molecule has 0 saturated carbocycles. The molecule has 4 rings (SSSR count). The lowest BCUT2D eigenvalue weighted by Crippen LogP contribution is -2.14. The number of amides is 1. The lowest BCUT2D eigenvalue weighted by atomic mass is 9.99. The van der Waals surface area contributed by atoms with Crippen molar-refractivity contribution in [3.05, 3.63) is 101 Å². The zero-order chi connectivity index (χ0) is 21.5. The molecule has 0 spiro atoms. The molecule has 0 bridgehead atoms. The monoisotopic (exact) mass is 428 g/mol. The molecule has 0 unspecified atom stereocenters. The number of anilines is 1. The summed E-state index contributed by atoms with van der Waals surface area (Å²) < 4.78 is 5.71. The zero-order valence-corrected chi connectivity index (χ0v) is 18.2. The molecule has 0 aliphatic rings. The maximum atomic E-state index is 13.0. The van der Waals surface area contributed by atoms with E-state index in [-0.39, 0.29) is 5.91 Å². The minimum absolute atomic E-state index is 0.136. The Hall–Kier alpha value is -3.44. The van der Waals surface area contributed by atoms with Gasteiger partial charge in [0.2, 0.25) is 0 Å². The van der Waals surface area contributed by atoms with Crippen LogP contribution in [0.5, 0.6) is 5.75 Å². The van der Waals surface area contributed by atoms with E-state index >= 15 is 0 Å². The molecule has 3 aromatic carbocycles. The number of hydrogen-bond acceptors (Lipinski definition) is 4. The van der Waals surface area contributed by atoms with Crippen molar-refractivity contribution in [3.63, 3.8) is 0 Å². The fraction of sp³-hybridized carbons (Fsp3) is 0.154. The molecule has 1 heterocycles. The molecular formula is C26H24N2O2S. The average Bonchev–Trinajstić information content (AvgIpc) is 3.27. The molecule has 1 aromatic heterocycles. The van der Waals surface area contributed by atoms with E-state index in [4.69, 9.17) is 4.74 Å². The fourth-order valence-electron chi connectivity index (χ4n) is 3.46. The Labute approximate surface area is 186 Å². The minimum Gasteiger partial charge on any atom is -0.493 e. The Morgan fingerprint density at radius 3 is 2.52 bits per heavy atom. The third kappa shape index (κ3) is 5.19. The Kier molecular flexibility index (Phi) is 6.75. The average molecular weight is 429 g/mol. The van der Waals surface area contributed by atoms with E-state index < -0.39 is 0 Å². The predicted octanol–water partition coefficient (Wildman–Crippen LogP) is 6.25. The van der Waals surface area contributed by atoms with Crippen molar-refractivity contribution in [2.24, 2.45) is 0 Å². The Morgan fingerprint density at radius 1 is 0.935 bits per heavy atom. The normalized spacial score (nSPS) is 10.6. The highest BCUT2D eigenvalue weighted by molar-refractivity contribution is 7.14. The number of hydrogen-bond donors (Lipinski definition) is 1. The zero-order valence-electron chi connectivity index (χ0n) is 17.4. The molecule has 0 radical (unpaired) electrons. The summed E-state index contributed by atoms with van der Waals surface area (Å²) in [7, 11) is 0. The number of aromatic nitrogens is 1. The number of benzene rings is 3. The number of para-hydroxylation sites is 1. The number of thiazole rings is 1. The smallest absolute Gasteiger partial charge is 0.257 e. The molecule has 0 fully saturated rings. The minimum atomic E-state index is -0.136. The molecule has 4 nitrogen and oxygen atoms in total. The summed E-state index contributed by atoms with van der Waals surface area (Å²) in [6.45, 7) is 2.54. The van der Waals surface area contributed by atoms with Crippen molar-refractivity contribution in [2.45, 2.75) is 19.8 Å². The highest BCUT2D eigenvalue weighted by atomic mass is 32.1. The van der Waals surface area contributed by atoms with Crippen molar-refractivity contribution in [3.8, 4) is 17.0 Å². The second-order valence-electron chi connectivity index (χ2n) is 7.06. The highest BCUT2D eigenvalue weighted by Crippen LogP contribution is 2.32. The van der Waals surface area contributed by atoms with Crippen LogP contribution in [0, 0.1) is 0 Å². The van der Waals surface area contributed by atoms with Crippen LogP contribution in [0.2, 0.25) is 0 Å². The third-order valence-electron chi connectivity index (χ3n) is 4.98. The Bertz CT molecular complexity index is 1150. The van der Waals surface area contributed by atoms with Crippen molar-refractivity contribution in [1.29, 1.82) is 0 Å². The maximum absolute atomic E-state index is 13.0. The molecule has 156 valence electrons. The van der Waals surface area contributed by atoms with Gasteiger partial charge in [-0.2, -0.15) is 0 Å². The van der Waals surface area contributed by atoms with Crippen LogP contribution in [0.15, 0.2) is 84.2 Å². The lowest BCUT2D eigenvalue weighted by Gasteiger charge is -2.09. The lowest BCUT2D eigenvalue weighted by molar-refractivity contribution is 0.102. The van der Waals surface area contributed by atoms with Gasteiger partial charge in [0.15, 0.2) is 5.13 Å². The van der Waals surface area contributed by atoms with Crippen LogP contribution in [0.4, 0.5) is 5.13 Å². The molecule has 0 saturated heterocycles. The summed E-state index contributed by atoms with van der Waals surface area (Å²) in [6.07, 6.45) is 1.69. The van der Waals surface area contributed by atoms with Crippen molar-refractivity contribution >= 4 is 22.4 Å². The van der Waals surface area contributed by atoms with E-state index in [1.807, 2.05) is 79.0 Å². The summed E-state index contributed by atoms with van der Waals surface area (Å²) in [6, 6.07) is 25.9. The first-order valence-electron chi connectivity index (χ1n) is 10.4. The number of carbonyl (C=O) groups is 1. The van der Waals surface area contributed by atoms with E-state index in [9.17, 15) is 4.79 Å². The highest BCUT2D eigenvalue weighted by Gasteiger charge is 2.15. The fourth-order valence-corrected chi connectivity index (χ4v) is 4.17. The number of ether oxygens (including phenoxy) is 1. The van der Waals surface area contributed by atoms with Crippen LogP contribution in [-0.2, 0) is 12.8 Å². The molecule has 0 aliphatic heterocycles. The predicted molar refractivity (Wildman–Crippen MR) is 127 cm³/mol. The molecule has 4 aromatic rings. The van der Waals surface area contributed by atoms with Gasteiger partial charge in [0, 0.05) is 16.5 Å². The van der Waals surface area contributed by atoms with Gasteiger partial charge < -0.3 is 4.74 Å². The van der Waals surface area contributed by atoms with Crippen molar-refractivity contribution in [1.82, 2.24) is 4.98 Å². The summed E-state index contributed by atoms with van der Waals surface area (Å²) in [5.74, 6) is 0.655. The summed E-state index contributed by atoms with van der Waals surface area (Å²) in [4.78, 5) is 17.6. The van der Waals surface area contributed by atoms with Gasteiger partial charge in [-0.1, -0.05) is 60.7 Å². The van der Waals surface area contributed by atoms with Gasteiger partial charge in [-0.05, 0) is 49.1 Å². The maximum Gasteiger partial charge on any atom is 0.257 e. The van der Waals surface area contributed by atoms with Gasteiger partial charge in [-0.15, -0.1) is 11.3 Å². The third-order valence-corrected chi connectivity index (χ3v) is 5.73. The first-order chi connectivity index (χ1) is 15.2. The molecular weight excluding hydrogens is 404 g/mol. The quantitative estimate of drug-likeness (QED) is 0.361. The summed E-state index contributed by atoms with van der Waals surface area (Å²) in [5, 5.41) is 5.48. The van der Waals surface area contributed by atoms with E-state index in [0.717, 1.165) is 35.4 Å². The van der Waals surface area contributed by atoms with Crippen LogP contribution in [0.1, 0.15) is 28.4 Å². The van der Waals surface area contributed by atoms with Crippen LogP contribution in [-0.4, -0.2) is 17.5 Å². The van der Waals surface area contributed by atoms with E-state index in [0.29, 0.717) is 17.3 Å². The van der Waals surface area contributed by atoms with Crippen molar-refractivity contribution in [2.75, 3.05) is 11.9 Å². The van der Waals surface area contributed by atoms with Crippen LogP contribution in [0.3, 0.4) is 0 Å². The van der Waals surface area contributed by atoms with E-state index in [1.54, 1.807) is 0 Å². The van der Waals surface area contributed by atoms with Crippen molar-refractivity contribution < 1.29 is 9.53 Å². The van der Waals surface area contributed by atoms with E-state index in [1.165, 1.54) is 16.9 Å². The SMILES string of the molecule is CCOc1ccccc1-c1csc(NC(=O)c2ccccc2CCc2ccccc2)n1. The Balaban J connectivity index is 1.49. The number of carbonyl (C=O) groups excluding carboxylic acids is 1. The molecule has 1 amide bonds. The first kappa shape index (κ1) is 20.8. The van der Waals surface area contributed by atoms with Gasteiger partial charge >= 0.3 is 0 Å². The standard InChI is InChI=1S/C26H24N2O2S/c1-2-30-24-15-9-8-14-22(24)23-18-31-26(27-23)28-25(29)21-13-7-6-12-20(21)17-16-19-10-4-3-5-11-19/h3-15,18H,2,16-17H2,1H3,(H,27,28,29). The van der Waals surface area contributed by atoms with Crippen LogP contribution >= 0.6 is 11.3 Å². The molecule has 31 heavy (non-hydrogen) atoms. The van der Waals surface area contributed by atoms with Gasteiger partial charge in [0.25, 0.3) is 5.91 Å². The largest absolute Gasteiger partial charge is 0.493 e. The number of nitrogens with one attached hydrogen (secondary N) is 1. The number of aryl methyl sites for hydroxylation is 2. The molecule has 0 aliphatic carbocycles.